The summed E-state index contributed by atoms with van der Waals surface area (Å²) in [5.41, 5.74) is 6.15. The van der Waals surface area contributed by atoms with Gasteiger partial charge in [-0.3, -0.25) is 4.79 Å². The largest absolute Gasteiger partial charge is 0.494 e. The van der Waals surface area contributed by atoms with Crippen molar-refractivity contribution in [3.8, 4) is 17.0 Å². The second-order valence-electron chi connectivity index (χ2n) is 8.00. The molecule has 6 nitrogen and oxygen atoms in total. The van der Waals surface area contributed by atoms with E-state index in [1.54, 1.807) is 42.6 Å². The molecule has 0 radical (unpaired) electrons. The summed E-state index contributed by atoms with van der Waals surface area (Å²) in [6.45, 7) is 5.79. The van der Waals surface area contributed by atoms with Crippen LogP contribution in [0.2, 0.25) is 0 Å². The highest BCUT2D eigenvalue weighted by molar-refractivity contribution is 6.05. The number of carbonyl (C=O) groups excluding carboxylic acids is 1. The van der Waals surface area contributed by atoms with Crippen molar-refractivity contribution in [1.82, 2.24) is 9.97 Å². The minimum atomic E-state index is -0.456. The Hall–Kier alpha value is -4.26. The molecule has 4 rings (SSSR count). The summed E-state index contributed by atoms with van der Waals surface area (Å²) in [6, 6.07) is 17.7. The molecule has 0 unspecified atom stereocenters. The standard InChI is InChI=1S/C27H25FN4O2/c1-16-6-5-7-17(2)24(16)31-26(33)19-8-11-21(12-9-19)30-27-29-15-18(3)25(32-27)20-10-13-23(34-4)22(28)14-20/h5-15H,1-4H3,(H,31,33)(H,29,30,32). The van der Waals surface area contributed by atoms with E-state index in [1.807, 2.05) is 39.0 Å². The lowest BCUT2D eigenvalue weighted by atomic mass is 10.1. The van der Waals surface area contributed by atoms with Gasteiger partial charge in [-0.2, -0.15) is 0 Å². The lowest BCUT2D eigenvalue weighted by Crippen LogP contribution is -2.13. The number of nitrogens with one attached hydrogen (secondary N) is 2. The second kappa shape index (κ2) is 9.70. The molecule has 4 aromatic rings. The number of amides is 1. The van der Waals surface area contributed by atoms with Crippen LogP contribution in [0.1, 0.15) is 27.0 Å². The van der Waals surface area contributed by atoms with Gasteiger partial charge in [0, 0.05) is 28.7 Å². The summed E-state index contributed by atoms with van der Waals surface area (Å²) in [7, 11) is 1.43. The summed E-state index contributed by atoms with van der Waals surface area (Å²) in [5.74, 6) is -0.0956. The van der Waals surface area contributed by atoms with Crippen molar-refractivity contribution in [2.45, 2.75) is 20.8 Å². The number of anilines is 3. The molecule has 172 valence electrons. The van der Waals surface area contributed by atoms with Crippen molar-refractivity contribution < 1.29 is 13.9 Å². The van der Waals surface area contributed by atoms with Crippen LogP contribution < -0.4 is 15.4 Å². The first-order valence-electron chi connectivity index (χ1n) is 10.8. The van der Waals surface area contributed by atoms with Crippen LogP contribution in [0, 0.1) is 26.6 Å². The number of hydrogen-bond donors (Lipinski definition) is 2. The third-order valence-electron chi connectivity index (χ3n) is 5.52. The number of ether oxygens (including phenoxy) is 1. The zero-order chi connectivity index (χ0) is 24.2. The van der Waals surface area contributed by atoms with Crippen molar-refractivity contribution in [3.63, 3.8) is 0 Å². The first-order chi connectivity index (χ1) is 16.4. The van der Waals surface area contributed by atoms with E-state index in [-0.39, 0.29) is 11.7 Å². The normalized spacial score (nSPS) is 10.6. The van der Waals surface area contributed by atoms with Gasteiger partial charge in [-0.15, -0.1) is 0 Å². The smallest absolute Gasteiger partial charge is 0.255 e. The number of carbonyl (C=O) groups is 1. The van der Waals surface area contributed by atoms with Gasteiger partial charge in [0.2, 0.25) is 5.95 Å². The van der Waals surface area contributed by atoms with Crippen LogP contribution in [0.5, 0.6) is 5.75 Å². The number of hydrogen-bond acceptors (Lipinski definition) is 5. The van der Waals surface area contributed by atoms with Gasteiger partial charge < -0.3 is 15.4 Å². The average Bonchev–Trinajstić information content (AvgIpc) is 2.83. The highest BCUT2D eigenvalue weighted by Crippen LogP contribution is 2.27. The minimum Gasteiger partial charge on any atom is -0.494 e. The zero-order valence-electron chi connectivity index (χ0n) is 19.4. The lowest BCUT2D eigenvalue weighted by Gasteiger charge is -2.12. The van der Waals surface area contributed by atoms with Gasteiger partial charge in [0.15, 0.2) is 11.6 Å². The fraction of sp³-hybridized carbons (Fsp3) is 0.148. The predicted octanol–water partition coefficient (Wildman–Crippen LogP) is 6.21. The van der Waals surface area contributed by atoms with Gasteiger partial charge in [-0.05, 0) is 79.9 Å². The Labute approximate surface area is 197 Å². The maximum absolute atomic E-state index is 14.2. The zero-order valence-corrected chi connectivity index (χ0v) is 19.4. The van der Waals surface area contributed by atoms with Crippen LogP contribution in [0.25, 0.3) is 11.3 Å². The van der Waals surface area contributed by atoms with Crippen molar-refractivity contribution in [2.24, 2.45) is 0 Å². The fourth-order valence-corrected chi connectivity index (χ4v) is 3.64. The topological polar surface area (TPSA) is 76.1 Å². The predicted molar refractivity (Wildman–Crippen MR) is 132 cm³/mol. The van der Waals surface area contributed by atoms with Crippen LogP contribution >= 0.6 is 0 Å². The molecule has 34 heavy (non-hydrogen) atoms. The second-order valence-corrected chi connectivity index (χ2v) is 8.00. The number of rotatable bonds is 6. The number of benzene rings is 3. The number of para-hydroxylation sites is 1. The maximum Gasteiger partial charge on any atom is 0.255 e. The Morgan fingerprint density at radius 2 is 1.65 bits per heavy atom. The van der Waals surface area contributed by atoms with Crippen LogP contribution in [0.4, 0.5) is 21.7 Å². The number of nitrogens with zero attached hydrogens (tertiary/aromatic N) is 2. The summed E-state index contributed by atoms with van der Waals surface area (Å²) < 4.78 is 19.2. The summed E-state index contributed by atoms with van der Waals surface area (Å²) in [6.07, 6.45) is 1.68. The van der Waals surface area contributed by atoms with E-state index >= 15 is 0 Å². The Morgan fingerprint density at radius 3 is 2.29 bits per heavy atom. The van der Waals surface area contributed by atoms with E-state index in [9.17, 15) is 9.18 Å². The Bertz CT molecular complexity index is 1330. The van der Waals surface area contributed by atoms with Crippen molar-refractivity contribution in [3.05, 3.63) is 94.9 Å². The first kappa shape index (κ1) is 22.9. The summed E-state index contributed by atoms with van der Waals surface area (Å²) >= 11 is 0. The van der Waals surface area contributed by atoms with E-state index in [2.05, 4.69) is 20.6 Å². The van der Waals surface area contributed by atoms with E-state index in [0.717, 1.165) is 28.1 Å². The molecular weight excluding hydrogens is 431 g/mol. The molecule has 1 aromatic heterocycles. The van der Waals surface area contributed by atoms with Crippen molar-refractivity contribution in [2.75, 3.05) is 17.7 Å². The molecule has 0 aliphatic heterocycles. The fourth-order valence-electron chi connectivity index (χ4n) is 3.64. The number of aryl methyl sites for hydroxylation is 3. The average molecular weight is 457 g/mol. The van der Waals surface area contributed by atoms with Gasteiger partial charge in [0.05, 0.1) is 12.8 Å². The maximum atomic E-state index is 14.2. The Morgan fingerprint density at radius 1 is 0.941 bits per heavy atom. The third kappa shape index (κ3) is 4.88. The molecule has 0 saturated carbocycles. The molecule has 2 N–H and O–H groups in total. The third-order valence-corrected chi connectivity index (χ3v) is 5.52. The van der Waals surface area contributed by atoms with Crippen LogP contribution in [-0.4, -0.2) is 23.0 Å². The SMILES string of the molecule is COc1ccc(-c2nc(Nc3ccc(C(=O)Nc4c(C)cccc4C)cc3)ncc2C)cc1F. The quantitative estimate of drug-likeness (QED) is 0.361. The molecule has 0 bridgehead atoms. The molecule has 0 spiro atoms. The molecule has 3 aromatic carbocycles. The van der Waals surface area contributed by atoms with Crippen molar-refractivity contribution >= 4 is 23.2 Å². The van der Waals surface area contributed by atoms with Gasteiger partial charge >= 0.3 is 0 Å². The lowest BCUT2D eigenvalue weighted by molar-refractivity contribution is 0.102. The molecule has 0 fully saturated rings. The summed E-state index contributed by atoms with van der Waals surface area (Å²) in [4.78, 5) is 21.6. The van der Waals surface area contributed by atoms with Gasteiger partial charge in [-0.25, -0.2) is 14.4 Å². The summed E-state index contributed by atoms with van der Waals surface area (Å²) in [5, 5.41) is 6.13. The van der Waals surface area contributed by atoms with Crippen LogP contribution in [0.3, 0.4) is 0 Å². The van der Waals surface area contributed by atoms with E-state index in [0.29, 0.717) is 22.8 Å². The van der Waals surface area contributed by atoms with E-state index in [4.69, 9.17) is 4.74 Å². The molecule has 7 heteroatoms. The van der Waals surface area contributed by atoms with Crippen molar-refractivity contribution in [1.29, 1.82) is 0 Å². The first-order valence-corrected chi connectivity index (χ1v) is 10.8. The highest BCUT2D eigenvalue weighted by Gasteiger charge is 2.12. The van der Waals surface area contributed by atoms with Gasteiger partial charge in [0.1, 0.15) is 0 Å². The molecule has 0 aliphatic carbocycles. The molecular formula is C27H25FN4O2. The Balaban J connectivity index is 1.51. The Kier molecular flexibility index (Phi) is 6.54. The van der Waals surface area contributed by atoms with Gasteiger partial charge in [-0.1, -0.05) is 18.2 Å². The minimum absolute atomic E-state index is 0.176. The molecule has 0 atom stereocenters. The molecule has 1 heterocycles. The highest BCUT2D eigenvalue weighted by atomic mass is 19.1. The van der Waals surface area contributed by atoms with Gasteiger partial charge in [0.25, 0.3) is 5.91 Å². The van der Waals surface area contributed by atoms with E-state index < -0.39 is 5.82 Å². The van der Waals surface area contributed by atoms with Crippen LogP contribution in [-0.2, 0) is 0 Å². The number of aromatic nitrogens is 2. The van der Waals surface area contributed by atoms with E-state index in [1.165, 1.54) is 13.2 Å². The molecule has 0 saturated heterocycles. The number of methoxy groups -OCH3 is 1. The van der Waals surface area contributed by atoms with Crippen LogP contribution in [0.15, 0.2) is 66.9 Å². The number of halogens is 1. The monoisotopic (exact) mass is 456 g/mol. The molecule has 0 aliphatic rings. The molecule has 1 amide bonds.